The zero-order valence-corrected chi connectivity index (χ0v) is 20.1. The van der Waals surface area contributed by atoms with Gasteiger partial charge < -0.3 is 4.90 Å². The number of carbonyl (C=O) groups excluding carboxylic acids is 1. The Bertz CT molecular complexity index is 1210. The van der Waals surface area contributed by atoms with Gasteiger partial charge in [-0.05, 0) is 48.4 Å². The number of aliphatic imine (C=N–C) groups is 1. The molecule has 2 aliphatic heterocycles. The Morgan fingerprint density at radius 3 is 2.18 bits per heavy atom. The number of thioether (sulfide) groups is 2. The summed E-state index contributed by atoms with van der Waals surface area (Å²) in [5, 5.41) is 1.80. The van der Waals surface area contributed by atoms with Crippen LogP contribution in [-0.2, 0) is 17.8 Å². The molecule has 0 bridgehead atoms. The maximum Gasteiger partial charge on any atom is 0.269 e. The minimum atomic E-state index is 0.0523. The average Bonchev–Trinajstić information content (AvgIpc) is 3.39. The summed E-state index contributed by atoms with van der Waals surface area (Å²) in [4.78, 5) is 24.6. The molecule has 4 nitrogen and oxygen atoms in total. The van der Waals surface area contributed by atoms with Gasteiger partial charge in [0.05, 0.1) is 12.2 Å². The van der Waals surface area contributed by atoms with Gasteiger partial charge in [0.15, 0.2) is 5.17 Å². The lowest BCUT2D eigenvalue weighted by Crippen LogP contribution is -2.32. The first-order valence-corrected chi connectivity index (χ1v) is 12.8. The number of amides is 1. The molecule has 0 spiro atoms. The minimum absolute atomic E-state index is 0.0523. The van der Waals surface area contributed by atoms with Crippen LogP contribution in [0.1, 0.15) is 18.1 Å². The third kappa shape index (κ3) is 4.59. The number of benzene rings is 3. The number of hydrogen-bond acceptors (Lipinski definition) is 5. The maximum atomic E-state index is 13.7. The number of anilines is 1. The van der Waals surface area contributed by atoms with E-state index in [-0.39, 0.29) is 5.91 Å². The number of rotatable bonds is 6. The smallest absolute Gasteiger partial charge is 0.269 e. The van der Waals surface area contributed by atoms with E-state index in [0.717, 1.165) is 33.6 Å². The van der Waals surface area contributed by atoms with Crippen molar-refractivity contribution >= 4 is 40.3 Å². The number of carbonyl (C=O) groups is 1. The van der Waals surface area contributed by atoms with Crippen molar-refractivity contribution in [1.82, 2.24) is 4.90 Å². The Hall–Kier alpha value is -2.96. The van der Waals surface area contributed by atoms with Crippen molar-refractivity contribution in [1.29, 1.82) is 0 Å². The molecule has 0 unspecified atom stereocenters. The molecule has 3 aromatic rings. The number of fused-ring (bicyclic) bond motifs is 1. The normalized spacial score (nSPS) is 18.9. The minimum Gasteiger partial charge on any atom is -0.334 e. The van der Waals surface area contributed by atoms with Crippen LogP contribution in [0.25, 0.3) is 0 Å². The van der Waals surface area contributed by atoms with Crippen LogP contribution in [0.15, 0.2) is 105 Å². The summed E-state index contributed by atoms with van der Waals surface area (Å²) >= 11 is 3.20. The molecule has 0 aliphatic carbocycles. The lowest BCUT2D eigenvalue weighted by molar-refractivity contribution is -0.122. The quantitative estimate of drug-likeness (QED) is 0.403. The van der Waals surface area contributed by atoms with Crippen LogP contribution in [0.3, 0.4) is 0 Å². The van der Waals surface area contributed by atoms with E-state index in [4.69, 9.17) is 4.99 Å². The van der Waals surface area contributed by atoms with Gasteiger partial charge >= 0.3 is 0 Å². The second-order valence-corrected chi connectivity index (χ2v) is 9.84. The highest BCUT2D eigenvalue weighted by atomic mass is 32.2. The van der Waals surface area contributed by atoms with E-state index < -0.39 is 0 Å². The highest BCUT2D eigenvalue weighted by Crippen LogP contribution is 2.50. The zero-order valence-electron chi connectivity index (χ0n) is 18.5. The van der Waals surface area contributed by atoms with Crippen molar-refractivity contribution in [2.45, 2.75) is 24.8 Å². The van der Waals surface area contributed by atoms with Crippen LogP contribution in [0.5, 0.6) is 0 Å². The molecule has 0 atom stereocenters. The van der Waals surface area contributed by atoms with Crippen LogP contribution in [0, 0.1) is 0 Å². The zero-order chi connectivity index (χ0) is 22.6. The Balaban J connectivity index is 1.46. The van der Waals surface area contributed by atoms with Crippen molar-refractivity contribution in [3.8, 4) is 0 Å². The van der Waals surface area contributed by atoms with Gasteiger partial charge in [-0.15, -0.1) is 0 Å². The van der Waals surface area contributed by atoms with Gasteiger partial charge in [0, 0.05) is 18.0 Å². The van der Waals surface area contributed by atoms with Crippen LogP contribution < -0.4 is 4.90 Å². The fourth-order valence-electron chi connectivity index (χ4n) is 4.00. The summed E-state index contributed by atoms with van der Waals surface area (Å²) in [6.45, 7) is 4.12. The summed E-state index contributed by atoms with van der Waals surface area (Å²) < 4.78 is 0. The van der Waals surface area contributed by atoms with E-state index >= 15 is 0 Å². The number of nitrogens with zero attached hydrogens (tertiary/aromatic N) is 3. The third-order valence-electron chi connectivity index (χ3n) is 5.69. The summed E-state index contributed by atoms with van der Waals surface area (Å²) in [5.41, 5.74) is 3.53. The van der Waals surface area contributed by atoms with Gasteiger partial charge in [-0.25, -0.2) is 0 Å². The first-order valence-electron chi connectivity index (χ1n) is 11.2. The Kier molecular flexibility index (Phi) is 6.55. The lowest BCUT2D eigenvalue weighted by Gasteiger charge is -2.19. The van der Waals surface area contributed by atoms with E-state index in [9.17, 15) is 4.79 Å². The number of amidine groups is 1. The molecule has 0 radical (unpaired) electrons. The van der Waals surface area contributed by atoms with Crippen LogP contribution in [-0.4, -0.2) is 29.1 Å². The summed E-state index contributed by atoms with van der Waals surface area (Å²) in [6, 6.07) is 28.9. The second-order valence-electron chi connectivity index (χ2n) is 7.83. The fourth-order valence-corrected chi connectivity index (χ4v) is 6.39. The average molecular weight is 472 g/mol. The van der Waals surface area contributed by atoms with Crippen LogP contribution >= 0.6 is 23.5 Å². The van der Waals surface area contributed by atoms with E-state index in [1.54, 1.807) is 11.8 Å². The molecule has 166 valence electrons. The maximum absolute atomic E-state index is 13.7. The van der Waals surface area contributed by atoms with E-state index in [2.05, 4.69) is 60.4 Å². The van der Waals surface area contributed by atoms with Gasteiger partial charge in [0.1, 0.15) is 9.93 Å². The van der Waals surface area contributed by atoms with Gasteiger partial charge in [-0.2, -0.15) is 0 Å². The van der Waals surface area contributed by atoms with Gasteiger partial charge in [0.2, 0.25) is 0 Å². The second kappa shape index (κ2) is 9.89. The topological polar surface area (TPSA) is 35.9 Å². The molecule has 5 rings (SSSR count). The first-order chi connectivity index (χ1) is 16.2. The molecule has 1 amide bonds. The fraction of sp³-hybridized carbons (Fsp3) is 0.185. The molecule has 0 N–H and O–H groups in total. The summed E-state index contributed by atoms with van der Waals surface area (Å²) in [6.07, 6.45) is 0.797. The van der Waals surface area contributed by atoms with Gasteiger partial charge in [0.25, 0.3) is 5.91 Å². The molecule has 3 aromatic carbocycles. The Morgan fingerprint density at radius 1 is 0.788 bits per heavy atom. The van der Waals surface area contributed by atoms with Crippen molar-refractivity contribution in [3.05, 3.63) is 106 Å². The first kappa shape index (κ1) is 21.9. The summed E-state index contributed by atoms with van der Waals surface area (Å²) in [5.74, 6) is 0.0523. The summed E-state index contributed by atoms with van der Waals surface area (Å²) in [7, 11) is 0. The van der Waals surface area contributed by atoms with Gasteiger partial charge in [-0.3, -0.25) is 14.7 Å². The molecule has 1 fully saturated rings. The molecular weight excluding hydrogens is 446 g/mol. The Labute approximate surface area is 203 Å². The van der Waals surface area contributed by atoms with Crippen molar-refractivity contribution in [2.75, 3.05) is 18.0 Å². The predicted octanol–water partition coefficient (Wildman–Crippen LogP) is 6.16. The van der Waals surface area contributed by atoms with Crippen molar-refractivity contribution in [2.24, 2.45) is 4.99 Å². The largest absolute Gasteiger partial charge is 0.334 e. The highest BCUT2D eigenvalue weighted by Gasteiger charge is 2.39. The van der Waals surface area contributed by atoms with Crippen LogP contribution in [0.4, 0.5) is 5.69 Å². The molecule has 1 saturated heterocycles. The number of para-hydroxylation sites is 1. The molecule has 2 aliphatic rings. The van der Waals surface area contributed by atoms with E-state index in [0.29, 0.717) is 13.1 Å². The van der Waals surface area contributed by atoms with E-state index in [1.165, 1.54) is 27.9 Å². The van der Waals surface area contributed by atoms with Gasteiger partial charge in [-0.1, -0.05) is 84.6 Å². The van der Waals surface area contributed by atoms with Crippen molar-refractivity contribution < 1.29 is 4.79 Å². The predicted molar refractivity (Wildman–Crippen MR) is 139 cm³/mol. The molecule has 0 aromatic heterocycles. The standard InChI is InChI=1S/C27H25N3OS2/c1-2-29-22-15-9-10-16-23(22)32-26(29)24-25(31)30(18-17-20-11-5-3-6-12-20)27(33-24)28-19-21-13-7-4-8-14-21/h3-16H,2,17-19H2,1H3. The SMILES string of the molecule is CCN1C(=C2SC(=NCc3ccccc3)N(CCc3ccccc3)C2=O)Sc2ccccc21. The third-order valence-corrected chi connectivity index (χ3v) is 8.10. The van der Waals surface area contributed by atoms with Crippen molar-refractivity contribution in [3.63, 3.8) is 0 Å². The molecule has 6 heteroatoms. The highest BCUT2D eigenvalue weighted by molar-refractivity contribution is 8.19. The monoisotopic (exact) mass is 471 g/mol. The van der Waals surface area contributed by atoms with E-state index in [1.807, 2.05) is 41.3 Å². The Morgan fingerprint density at radius 2 is 1.45 bits per heavy atom. The van der Waals surface area contributed by atoms with Crippen LogP contribution in [0.2, 0.25) is 0 Å². The number of hydrogen-bond donors (Lipinski definition) is 0. The lowest BCUT2D eigenvalue weighted by atomic mass is 10.1. The molecule has 2 heterocycles. The molecule has 33 heavy (non-hydrogen) atoms. The molecule has 0 saturated carbocycles. The molecular formula is C27H25N3OS2.